The molecule has 0 N–H and O–H groups in total. The number of carbonyl (C=O) groups is 3. The summed E-state index contributed by atoms with van der Waals surface area (Å²) >= 11 is 0. The van der Waals surface area contributed by atoms with Gasteiger partial charge in [0.05, 0.1) is 12.8 Å². The Bertz CT molecular complexity index is 929. The lowest BCUT2D eigenvalue weighted by atomic mass is 10.0. The zero-order valence-corrected chi connectivity index (χ0v) is 31.7. The molecule has 0 aliphatic rings. The van der Waals surface area contributed by atoms with Gasteiger partial charge in [0.1, 0.15) is 13.2 Å². The van der Waals surface area contributed by atoms with Crippen LogP contribution in [0.5, 0.6) is 0 Å². The summed E-state index contributed by atoms with van der Waals surface area (Å²) in [5.74, 6) is -1.18. The maximum atomic E-state index is 12.3. The second-order valence-corrected chi connectivity index (χ2v) is 12.8. The lowest BCUT2D eigenvalue weighted by molar-refractivity contribution is -0.166. The fourth-order valence-electron chi connectivity index (χ4n) is 5.11. The Labute approximate surface area is 300 Å². The number of hydrogen-bond acceptors (Lipinski definition) is 6. The molecule has 0 fully saturated rings. The summed E-state index contributed by atoms with van der Waals surface area (Å²) in [5.41, 5.74) is 0. The van der Waals surface area contributed by atoms with Crippen molar-refractivity contribution < 1.29 is 28.6 Å². The summed E-state index contributed by atoms with van der Waals surface area (Å²) in [6.07, 6.45) is 44.7. The molecule has 1 unspecified atom stereocenters. The Morgan fingerprint density at radius 2 is 0.878 bits per heavy atom. The third kappa shape index (κ3) is 36.2. The first-order valence-electron chi connectivity index (χ1n) is 19.8. The molecule has 0 bridgehead atoms. The molecule has 6 heteroatoms. The third-order valence-corrected chi connectivity index (χ3v) is 8.07. The van der Waals surface area contributed by atoms with Gasteiger partial charge in [-0.05, 0) is 44.9 Å². The standard InChI is InChI=1S/C43H72O6/c1-4-7-10-12-14-16-18-20-21-23-25-27-29-31-34-36-42(45)48-39-40(49-43(46)37-32-9-6-3)38-47-41(44)35-33-30-28-26-24-22-19-17-15-13-11-8-5-2/h9,14,16,20-21,25,27,31-32,34,40H,4-8,10-13,15,17-19,22-24,26,28-30,33,35-39H2,1-3H3/b16-14-,21-20-,27-25-,32-9-,34-31-. The average Bonchev–Trinajstić information content (AvgIpc) is 3.09. The van der Waals surface area contributed by atoms with Crippen LogP contribution in [0.4, 0.5) is 0 Å². The average molecular weight is 685 g/mol. The summed E-state index contributed by atoms with van der Waals surface area (Å²) in [7, 11) is 0. The van der Waals surface area contributed by atoms with Crippen molar-refractivity contribution in [3.05, 3.63) is 60.8 Å². The highest BCUT2D eigenvalue weighted by Gasteiger charge is 2.19. The minimum Gasteiger partial charge on any atom is -0.462 e. The molecule has 0 spiro atoms. The normalized spacial score (nSPS) is 12.6. The van der Waals surface area contributed by atoms with E-state index in [2.05, 4.69) is 50.3 Å². The van der Waals surface area contributed by atoms with Crippen molar-refractivity contribution in [1.29, 1.82) is 0 Å². The van der Waals surface area contributed by atoms with Gasteiger partial charge in [-0.3, -0.25) is 14.4 Å². The van der Waals surface area contributed by atoms with Crippen molar-refractivity contribution in [2.75, 3.05) is 13.2 Å². The highest BCUT2D eigenvalue weighted by atomic mass is 16.6. The second kappa shape index (κ2) is 37.9. The largest absolute Gasteiger partial charge is 0.462 e. The van der Waals surface area contributed by atoms with Crippen LogP contribution in [0.15, 0.2) is 60.8 Å². The molecule has 0 amide bonds. The molecule has 0 aromatic carbocycles. The number of rotatable bonds is 34. The van der Waals surface area contributed by atoms with E-state index in [-0.39, 0.29) is 32.0 Å². The van der Waals surface area contributed by atoms with E-state index < -0.39 is 18.0 Å². The van der Waals surface area contributed by atoms with Gasteiger partial charge in [-0.1, -0.05) is 171 Å². The fourth-order valence-corrected chi connectivity index (χ4v) is 5.11. The lowest BCUT2D eigenvalue weighted by Crippen LogP contribution is -2.30. The summed E-state index contributed by atoms with van der Waals surface area (Å²) in [4.78, 5) is 36.9. The van der Waals surface area contributed by atoms with E-state index >= 15 is 0 Å². The number of carbonyl (C=O) groups excluding carboxylic acids is 3. The first-order valence-corrected chi connectivity index (χ1v) is 19.8. The molecule has 0 saturated carbocycles. The molecule has 0 aliphatic heterocycles. The summed E-state index contributed by atoms with van der Waals surface area (Å²) in [6, 6.07) is 0. The van der Waals surface area contributed by atoms with Crippen LogP contribution in [0.25, 0.3) is 0 Å². The third-order valence-electron chi connectivity index (χ3n) is 8.07. The molecule has 0 rings (SSSR count). The van der Waals surface area contributed by atoms with Gasteiger partial charge in [0.15, 0.2) is 6.10 Å². The molecule has 0 saturated heterocycles. The van der Waals surface area contributed by atoms with Crippen LogP contribution in [-0.2, 0) is 28.6 Å². The number of esters is 3. The maximum Gasteiger partial charge on any atom is 0.310 e. The van der Waals surface area contributed by atoms with Gasteiger partial charge in [-0.2, -0.15) is 0 Å². The number of hydrogen-bond donors (Lipinski definition) is 0. The van der Waals surface area contributed by atoms with Crippen LogP contribution in [0.2, 0.25) is 0 Å². The topological polar surface area (TPSA) is 78.9 Å². The van der Waals surface area contributed by atoms with Crippen molar-refractivity contribution in [3.63, 3.8) is 0 Å². The van der Waals surface area contributed by atoms with Gasteiger partial charge in [0.25, 0.3) is 0 Å². The molecule has 0 aromatic rings. The van der Waals surface area contributed by atoms with E-state index in [1.54, 1.807) is 12.2 Å². The SMILES string of the molecule is CC/C=C\CC(=O)OC(COC(=O)C/C=C\C/C=C\C/C=C\C/C=C\CCCCC)COC(=O)CCCCCCCCCCCCCCC. The van der Waals surface area contributed by atoms with E-state index in [0.29, 0.717) is 6.42 Å². The Morgan fingerprint density at radius 3 is 1.43 bits per heavy atom. The number of ether oxygens (including phenoxy) is 3. The number of unbranched alkanes of at least 4 members (excludes halogenated alkanes) is 15. The molecule has 0 aromatic heterocycles. The van der Waals surface area contributed by atoms with Crippen LogP contribution >= 0.6 is 0 Å². The van der Waals surface area contributed by atoms with Gasteiger partial charge in [-0.25, -0.2) is 0 Å². The van der Waals surface area contributed by atoms with Crippen LogP contribution in [0.1, 0.15) is 175 Å². The highest BCUT2D eigenvalue weighted by molar-refractivity contribution is 5.72. The maximum absolute atomic E-state index is 12.3. The summed E-state index contributed by atoms with van der Waals surface area (Å²) < 4.78 is 16.2. The zero-order chi connectivity index (χ0) is 35.9. The van der Waals surface area contributed by atoms with E-state index in [0.717, 1.165) is 44.9 Å². The van der Waals surface area contributed by atoms with Crippen molar-refractivity contribution in [2.24, 2.45) is 0 Å². The first-order chi connectivity index (χ1) is 24.0. The van der Waals surface area contributed by atoms with E-state index in [4.69, 9.17) is 14.2 Å². The predicted molar refractivity (Wildman–Crippen MR) is 205 cm³/mol. The van der Waals surface area contributed by atoms with Crippen LogP contribution in [0.3, 0.4) is 0 Å². The molecule has 0 radical (unpaired) electrons. The molecule has 1 atom stereocenters. The van der Waals surface area contributed by atoms with Gasteiger partial charge in [0, 0.05) is 6.42 Å². The van der Waals surface area contributed by atoms with Gasteiger partial charge < -0.3 is 14.2 Å². The molecule has 280 valence electrons. The molecule has 6 nitrogen and oxygen atoms in total. The summed E-state index contributed by atoms with van der Waals surface area (Å²) in [6.45, 7) is 6.18. The minimum atomic E-state index is -0.835. The molecule has 0 aliphatic carbocycles. The Balaban J connectivity index is 4.26. The zero-order valence-electron chi connectivity index (χ0n) is 31.7. The monoisotopic (exact) mass is 685 g/mol. The van der Waals surface area contributed by atoms with Gasteiger partial charge in [0.2, 0.25) is 0 Å². The van der Waals surface area contributed by atoms with Crippen LogP contribution in [0, 0.1) is 0 Å². The Kier molecular flexibility index (Phi) is 35.7. The lowest BCUT2D eigenvalue weighted by Gasteiger charge is -2.17. The van der Waals surface area contributed by atoms with E-state index in [1.807, 2.05) is 19.1 Å². The first kappa shape index (κ1) is 46.1. The van der Waals surface area contributed by atoms with E-state index in [9.17, 15) is 14.4 Å². The minimum absolute atomic E-state index is 0.118. The quantitative estimate of drug-likeness (QED) is 0.0290. The molecule has 49 heavy (non-hydrogen) atoms. The van der Waals surface area contributed by atoms with Gasteiger partial charge >= 0.3 is 17.9 Å². The van der Waals surface area contributed by atoms with Crippen LogP contribution in [-0.4, -0.2) is 37.2 Å². The molecule has 0 heterocycles. The summed E-state index contributed by atoms with van der Waals surface area (Å²) in [5, 5.41) is 0. The van der Waals surface area contributed by atoms with E-state index in [1.165, 1.54) is 89.9 Å². The van der Waals surface area contributed by atoms with Crippen molar-refractivity contribution >= 4 is 17.9 Å². The smallest absolute Gasteiger partial charge is 0.310 e. The highest BCUT2D eigenvalue weighted by Crippen LogP contribution is 2.13. The second-order valence-electron chi connectivity index (χ2n) is 12.8. The number of allylic oxidation sites excluding steroid dienone is 8. The predicted octanol–water partition coefficient (Wildman–Crippen LogP) is 12.2. The Morgan fingerprint density at radius 1 is 0.449 bits per heavy atom. The van der Waals surface area contributed by atoms with Crippen molar-refractivity contribution in [2.45, 2.75) is 181 Å². The van der Waals surface area contributed by atoms with Crippen molar-refractivity contribution in [1.82, 2.24) is 0 Å². The van der Waals surface area contributed by atoms with Crippen LogP contribution < -0.4 is 0 Å². The molecular weight excluding hydrogens is 612 g/mol. The molecular formula is C43H72O6. The fraction of sp³-hybridized carbons (Fsp3) is 0.698. The Hall–Kier alpha value is -2.89. The van der Waals surface area contributed by atoms with Crippen molar-refractivity contribution in [3.8, 4) is 0 Å². The van der Waals surface area contributed by atoms with Gasteiger partial charge in [-0.15, -0.1) is 0 Å².